The van der Waals surface area contributed by atoms with Crippen LogP contribution in [0, 0.1) is 13.8 Å². The van der Waals surface area contributed by atoms with Gasteiger partial charge in [-0.1, -0.05) is 0 Å². The van der Waals surface area contributed by atoms with Gasteiger partial charge in [0.1, 0.15) is 10.7 Å². The van der Waals surface area contributed by atoms with E-state index < -0.39 is 10.0 Å². The second kappa shape index (κ2) is 5.11. The third-order valence-electron chi connectivity index (χ3n) is 2.51. The summed E-state index contributed by atoms with van der Waals surface area (Å²) in [6, 6.07) is 0. The van der Waals surface area contributed by atoms with E-state index in [0.29, 0.717) is 23.0 Å². The van der Waals surface area contributed by atoms with Crippen molar-refractivity contribution in [3.8, 4) is 0 Å². The Bertz CT molecular complexity index is 673. The van der Waals surface area contributed by atoms with E-state index >= 15 is 0 Å². The molecule has 0 radical (unpaired) electrons. The number of nitrogens with two attached hydrogens (primary N) is 1. The first-order chi connectivity index (χ1) is 8.94. The average molecular weight is 285 g/mol. The van der Waals surface area contributed by atoms with Crippen LogP contribution in [-0.2, 0) is 23.1 Å². The van der Waals surface area contributed by atoms with Crippen molar-refractivity contribution in [2.75, 3.05) is 0 Å². The van der Waals surface area contributed by atoms with Crippen LogP contribution >= 0.6 is 0 Å². The van der Waals surface area contributed by atoms with Crippen LogP contribution in [0.1, 0.15) is 23.0 Å². The van der Waals surface area contributed by atoms with Crippen LogP contribution in [0.25, 0.3) is 0 Å². The second-order valence-electron chi connectivity index (χ2n) is 4.02. The quantitative estimate of drug-likeness (QED) is 0.707. The summed E-state index contributed by atoms with van der Waals surface area (Å²) in [7, 11) is -3.70. The number of rotatable bonds is 5. The fourth-order valence-electron chi connectivity index (χ4n) is 1.68. The van der Waals surface area contributed by atoms with Crippen LogP contribution in [0.4, 0.5) is 0 Å². The standard InChI is InChI=1S/C10H15N5O3S/c1-6-4-12-9(18-6)5-13-19(16,17)10-7(2)14-15-8(10)3-11/h4,13H,3,5,11H2,1-2H3,(H,14,15). The molecule has 0 aliphatic heterocycles. The summed E-state index contributed by atoms with van der Waals surface area (Å²) in [6.07, 6.45) is 1.53. The van der Waals surface area contributed by atoms with Gasteiger partial charge in [0.2, 0.25) is 15.9 Å². The highest BCUT2D eigenvalue weighted by atomic mass is 32.2. The van der Waals surface area contributed by atoms with Crippen molar-refractivity contribution >= 4 is 10.0 Å². The van der Waals surface area contributed by atoms with Gasteiger partial charge in [0.25, 0.3) is 0 Å². The lowest BCUT2D eigenvalue weighted by Gasteiger charge is -2.05. The molecule has 0 saturated carbocycles. The fraction of sp³-hybridized carbons (Fsp3) is 0.400. The Kier molecular flexibility index (Phi) is 3.69. The smallest absolute Gasteiger partial charge is 0.244 e. The number of nitrogens with one attached hydrogen (secondary N) is 2. The van der Waals surface area contributed by atoms with E-state index in [4.69, 9.17) is 10.2 Å². The predicted molar refractivity (Wildman–Crippen MR) is 66.5 cm³/mol. The highest BCUT2D eigenvalue weighted by Crippen LogP contribution is 2.17. The largest absolute Gasteiger partial charge is 0.445 e. The predicted octanol–water partition coefficient (Wildman–Crippen LogP) is -0.0483. The first-order valence-corrected chi connectivity index (χ1v) is 7.07. The minimum Gasteiger partial charge on any atom is -0.445 e. The maximum atomic E-state index is 12.2. The van der Waals surface area contributed by atoms with Gasteiger partial charge in [0, 0.05) is 6.54 Å². The zero-order valence-electron chi connectivity index (χ0n) is 10.6. The Morgan fingerprint density at radius 3 is 2.79 bits per heavy atom. The number of aryl methyl sites for hydroxylation is 2. The first-order valence-electron chi connectivity index (χ1n) is 5.59. The molecule has 8 nitrogen and oxygen atoms in total. The summed E-state index contributed by atoms with van der Waals surface area (Å²) >= 11 is 0. The van der Waals surface area contributed by atoms with Gasteiger partial charge in [0.15, 0.2) is 0 Å². The topological polar surface area (TPSA) is 127 Å². The van der Waals surface area contributed by atoms with E-state index in [1.165, 1.54) is 6.20 Å². The molecule has 2 aromatic rings. The third-order valence-corrected chi connectivity index (χ3v) is 4.11. The summed E-state index contributed by atoms with van der Waals surface area (Å²) in [5.41, 5.74) is 6.21. The zero-order chi connectivity index (χ0) is 14.0. The molecule has 0 aliphatic rings. The van der Waals surface area contributed by atoms with Crippen LogP contribution < -0.4 is 10.5 Å². The van der Waals surface area contributed by atoms with E-state index in [1.807, 2.05) is 0 Å². The van der Waals surface area contributed by atoms with Gasteiger partial charge in [-0.15, -0.1) is 0 Å². The Morgan fingerprint density at radius 2 is 2.21 bits per heavy atom. The molecule has 2 rings (SSSR count). The average Bonchev–Trinajstić information content (AvgIpc) is 2.93. The SMILES string of the molecule is Cc1cnc(CNS(=O)(=O)c2c(CN)n[nH]c2C)o1. The Hall–Kier alpha value is -1.71. The van der Waals surface area contributed by atoms with Gasteiger partial charge < -0.3 is 10.2 Å². The van der Waals surface area contributed by atoms with Crippen molar-refractivity contribution in [1.29, 1.82) is 0 Å². The lowest BCUT2D eigenvalue weighted by atomic mass is 10.4. The van der Waals surface area contributed by atoms with Crippen LogP contribution in [0.15, 0.2) is 15.5 Å². The van der Waals surface area contributed by atoms with Crippen LogP contribution in [0.2, 0.25) is 0 Å². The van der Waals surface area contributed by atoms with Crippen molar-refractivity contribution in [3.63, 3.8) is 0 Å². The molecule has 0 bridgehead atoms. The van der Waals surface area contributed by atoms with E-state index in [0.717, 1.165) is 0 Å². The number of hydrogen-bond acceptors (Lipinski definition) is 6. The summed E-state index contributed by atoms with van der Waals surface area (Å²) in [4.78, 5) is 4.01. The van der Waals surface area contributed by atoms with Crippen molar-refractivity contribution < 1.29 is 12.8 Å². The molecule has 9 heteroatoms. The van der Waals surface area contributed by atoms with Crippen molar-refractivity contribution in [3.05, 3.63) is 29.2 Å². The van der Waals surface area contributed by atoms with E-state index in [1.54, 1.807) is 13.8 Å². The van der Waals surface area contributed by atoms with Crippen molar-refractivity contribution in [2.24, 2.45) is 5.73 Å². The maximum Gasteiger partial charge on any atom is 0.244 e. The van der Waals surface area contributed by atoms with Gasteiger partial charge in [-0.2, -0.15) is 5.10 Å². The molecular formula is C10H15N5O3S. The number of hydrogen-bond donors (Lipinski definition) is 3. The maximum absolute atomic E-state index is 12.2. The highest BCUT2D eigenvalue weighted by Gasteiger charge is 2.23. The number of aromatic amines is 1. The summed E-state index contributed by atoms with van der Waals surface area (Å²) in [5.74, 6) is 0.924. The number of oxazole rings is 1. The highest BCUT2D eigenvalue weighted by molar-refractivity contribution is 7.89. The minimum atomic E-state index is -3.70. The molecule has 2 aromatic heterocycles. The molecule has 4 N–H and O–H groups in total. The van der Waals surface area contributed by atoms with E-state index in [9.17, 15) is 8.42 Å². The Labute approximate surface area is 110 Å². The molecule has 2 heterocycles. The molecule has 0 spiro atoms. The molecule has 0 fully saturated rings. The summed E-state index contributed by atoms with van der Waals surface area (Å²) in [6.45, 7) is 3.37. The Balaban J connectivity index is 2.20. The minimum absolute atomic E-state index is 0.0230. The summed E-state index contributed by atoms with van der Waals surface area (Å²) in [5, 5.41) is 6.46. The van der Waals surface area contributed by atoms with Gasteiger partial charge >= 0.3 is 0 Å². The number of aromatic nitrogens is 3. The molecule has 0 aliphatic carbocycles. The number of sulfonamides is 1. The zero-order valence-corrected chi connectivity index (χ0v) is 11.4. The first kappa shape index (κ1) is 13.7. The normalized spacial score (nSPS) is 11.9. The van der Waals surface area contributed by atoms with Gasteiger partial charge in [-0.05, 0) is 13.8 Å². The monoisotopic (exact) mass is 285 g/mol. The van der Waals surface area contributed by atoms with E-state index in [-0.39, 0.29) is 18.0 Å². The number of H-pyrrole nitrogens is 1. The van der Waals surface area contributed by atoms with Crippen molar-refractivity contribution in [2.45, 2.75) is 31.8 Å². The van der Waals surface area contributed by atoms with Crippen LogP contribution in [0.3, 0.4) is 0 Å². The van der Waals surface area contributed by atoms with Crippen molar-refractivity contribution in [1.82, 2.24) is 19.9 Å². The third kappa shape index (κ3) is 2.83. The second-order valence-corrected chi connectivity index (χ2v) is 5.72. The lowest BCUT2D eigenvalue weighted by molar-refractivity contribution is 0.463. The molecule has 0 saturated heterocycles. The fourth-order valence-corrected chi connectivity index (χ4v) is 3.02. The van der Waals surface area contributed by atoms with E-state index in [2.05, 4.69) is 19.9 Å². The molecule has 0 aromatic carbocycles. The Morgan fingerprint density at radius 1 is 1.47 bits per heavy atom. The molecule has 0 unspecified atom stereocenters. The lowest BCUT2D eigenvalue weighted by Crippen LogP contribution is -2.25. The molecule has 0 atom stereocenters. The van der Waals surface area contributed by atoms with Gasteiger partial charge in [0.05, 0.1) is 24.1 Å². The van der Waals surface area contributed by atoms with Gasteiger partial charge in [-0.25, -0.2) is 18.1 Å². The molecule has 0 amide bonds. The van der Waals surface area contributed by atoms with Crippen LogP contribution in [0.5, 0.6) is 0 Å². The molecular weight excluding hydrogens is 270 g/mol. The summed E-state index contributed by atoms with van der Waals surface area (Å²) < 4.78 is 32.0. The van der Waals surface area contributed by atoms with Crippen LogP contribution in [-0.4, -0.2) is 23.6 Å². The molecule has 19 heavy (non-hydrogen) atoms. The van der Waals surface area contributed by atoms with Gasteiger partial charge in [-0.3, -0.25) is 5.10 Å². The molecule has 104 valence electrons. The number of nitrogens with zero attached hydrogens (tertiary/aromatic N) is 2.